The lowest BCUT2D eigenvalue weighted by atomic mass is 10.00. The molecular weight excluding hydrogens is 512 g/mol. The number of benzene rings is 1. The molecule has 1 saturated heterocycles. The topological polar surface area (TPSA) is 111 Å². The van der Waals surface area contributed by atoms with E-state index in [2.05, 4.69) is 28.5 Å². The van der Waals surface area contributed by atoms with Gasteiger partial charge in [0.05, 0.1) is 52.7 Å². The van der Waals surface area contributed by atoms with Crippen LogP contribution in [-0.4, -0.2) is 94.9 Å². The van der Waals surface area contributed by atoms with E-state index in [-0.39, 0.29) is 24.3 Å². The molecule has 0 spiro atoms. The van der Waals surface area contributed by atoms with Gasteiger partial charge in [-0.05, 0) is 42.2 Å². The van der Waals surface area contributed by atoms with Crippen LogP contribution in [0.15, 0.2) is 53.7 Å². The highest BCUT2D eigenvalue weighted by molar-refractivity contribution is 5.92. The molecular formula is C30H42N4O6. The van der Waals surface area contributed by atoms with Gasteiger partial charge in [-0.3, -0.25) is 9.59 Å². The summed E-state index contributed by atoms with van der Waals surface area (Å²) in [4.78, 5) is 26.9. The van der Waals surface area contributed by atoms with Crippen LogP contribution in [0.2, 0.25) is 0 Å². The van der Waals surface area contributed by atoms with Gasteiger partial charge in [-0.1, -0.05) is 36.9 Å². The maximum Gasteiger partial charge on any atom is 0.249 e. The van der Waals surface area contributed by atoms with E-state index in [0.29, 0.717) is 59.2 Å². The molecule has 0 saturated carbocycles. The van der Waals surface area contributed by atoms with E-state index < -0.39 is 0 Å². The van der Waals surface area contributed by atoms with Crippen LogP contribution in [0.1, 0.15) is 30.9 Å². The van der Waals surface area contributed by atoms with Gasteiger partial charge in [0.25, 0.3) is 0 Å². The van der Waals surface area contributed by atoms with Crippen LogP contribution in [0, 0.1) is 0 Å². The van der Waals surface area contributed by atoms with Crippen LogP contribution in [0.3, 0.4) is 0 Å². The molecule has 0 aromatic heterocycles. The number of fused-ring (bicyclic) bond motifs is 1. The Kier molecular flexibility index (Phi) is 13.6. The Morgan fingerprint density at radius 3 is 2.58 bits per heavy atom. The number of hydrogen-bond donors (Lipinski definition) is 2. The Hall–Kier alpha value is -3.31. The van der Waals surface area contributed by atoms with E-state index in [0.717, 1.165) is 35.5 Å². The van der Waals surface area contributed by atoms with E-state index in [1.165, 1.54) is 5.57 Å². The van der Waals surface area contributed by atoms with E-state index in [9.17, 15) is 9.59 Å². The number of rotatable bonds is 17. The number of carbonyl (C=O) groups is 2. The molecule has 1 unspecified atom stereocenters. The van der Waals surface area contributed by atoms with Crippen molar-refractivity contribution in [2.24, 2.45) is 5.10 Å². The fourth-order valence-corrected chi connectivity index (χ4v) is 4.32. The van der Waals surface area contributed by atoms with Gasteiger partial charge in [0.2, 0.25) is 11.8 Å². The molecule has 2 amide bonds. The zero-order valence-electron chi connectivity index (χ0n) is 23.7. The largest absolute Gasteiger partial charge is 0.382 e. The fourth-order valence-electron chi connectivity index (χ4n) is 4.32. The van der Waals surface area contributed by atoms with Crippen molar-refractivity contribution in [3.05, 3.63) is 59.7 Å². The summed E-state index contributed by atoms with van der Waals surface area (Å²) < 4.78 is 21.0. The highest BCUT2D eigenvalue weighted by atomic mass is 16.6. The normalized spacial score (nSPS) is 17.6. The minimum Gasteiger partial charge on any atom is -0.382 e. The third-order valence-electron chi connectivity index (χ3n) is 6.40. The SMILES string of the molecule is C=C/C=C1\CCN(C(=O)C2C=Cc3cc(C/C(C)=N/NC(=O)CCOCCOCCOCCOC)ccc3N2)C1. The Bertz CT molecular complexity index is 1080. The minimum atomic E-state index is -0.373. The van der Waals surface area contributed by atoms with Crippen molar-refractivity contribution in [2.45, 2.75) is 32.2 Å². The van der Waals surface area contributed by atoms with Crippen molar-refractivity contribution in [3.8, 4) is 0 Å². The summed E-state index contributed by atoms with van der Waals surface area (Å²) in [7, 11) is 1.63. The van der Waals surface area contributed by atoms with Crippen LogP contribution >= 0.6 is 0 Å². The first kappa shape index (κ1) is 31.2. The van der Waals surface area contributed by atoms with Crippen molar-refractivity contribution >= 4 is 29.3 Å². The average molecular weight is 555 g/mol. The molecule has 0 radical (unpaired) electrons. The molecule has 10 heteroatoms. The molecule has 1 fully saturated rings. The van der Waals surface area contributed by atoms with Gasteiger partial charge in [-0.2, -0.15) is 5.10 Å². The van der Waals surface area contributed by atoms with Crippen LogP contribution in [0.4, 0.5) is 5.69 Å². The minimum absolute atomic E-state index is 0.0791. The van der Waals surface area contributed by atoms with Crippen LogP contribution in [0.5, 0.6) is 0 Å². The average Bonchev–Trinajstić information content (AvgIpc) is 3.43. The van der Waals surface area contributed by atoms with Crippen molar-refractivity contribution in [3.63, 3.8) is 0 Å². The Balaban J connectivity index is 1.33. The number of ether oxygens (including phenoxy) is 4. The van der Waals surface area contributed by atoms with Crippen molar-refractivity contribution in [1.82, 2.24) is 10.3 Å². The second-order valence-corrected chi connectivity index (χ2v) is 9.61. The summed E-state index contributed by atoms with van der Waals surface area (Å²) in [6.45, 7) is 10.3. The molecule has 1 aromatic rings. The monoisotopic (exact) mass is 554 g/mol. The summed E-state index contributed by atoms with van der Waals surface area (Å²) in [5.41, 5.74) is 7.62. The molecule has 1 atom stereocenters. The molecule has 0 aliphatic carbocycles. The highest BCUT2D eigenvalue weighted by Gasteiger charge is 2.28. The fraction of sp³-hybridized carbons (Fsp3) is 0.500. The van der Waals surface area contributed by atoms with E-state index in [4.69, 9.17) is 18.9 Å². The number of likely N-dealkylation sites (tertiary alicyclic amines) is 1. The maximum absolute atomic E-state index is 13.0. The van der Waals surface area contributed by atoms with Crippen molar-refractivity contribution in [2.75, 3.05) is 71.8 Å². The number of nitrogens with one attached hydrogen (secondary N) is 2. The van der Waals surface area contributed by atoms with Gasteiger partial charge < -0.3 is 29.2 Å². The Morgan fingerprint density at radius 2 is 1.85 bits per heavy atom. The van der Waals surface area contributed by atoms with Crippen LogP contribution in [-0.2, 0) is 35.0 Å². The lowest BCUT2D eigenvalue weighted by Crippen LogP contribution is -2.41. The number of anilines is 1. The van der Waals surface area contributed by atoms with Crippen LogP contribution < -0.4 is 10.7 Å². The van der Waals surface area contributed by atoms with E-state index in [1.54, 1.807) is 13.2 Å². The number of amides is 2. The van der Waals surface area contributed by atoms with Gasteiger partial charge >= 0.3 is 0 Å². The van der Waals surface area contributed by atoms with Gasteiger partial charge in [-0.15, -0.1) is 0 Å². The standard InChI is InChI=1S/C30H42N4O6/c1-4-5-24-10-12-34(22-24)30(36)28-9-7-26-21-25(6-8-27(26)31-28)20-23(2)32-33-29(35)11-13-38-16-17-40-19-18-39-15-14-37-3/h4-9,21,28,31H,1,10-20,22H2,2-3H3,(H,33,35)/b24-5+,32-23+. The molecule has 218 valence electrons. The summed E-state index contributed by atoms with van der Waals surface area (Å²) in [5, 5.41) is 7.57. The van der Waals surface area contributed by atoms with E-state index >= 15 is 0 Å². The molecule has 0 bridgehead atoms. The second-order valence-electron chi connectivity index (χ2n) is 9.61. The lowest BCUT2D eigenvalue weighted by molar-refractivity contribution is -0.129. The number of allylic oxidation sites excluding steroid dienone is 2. The molecule has 2 N–H and O–H groups in total. The maximum atomic E-state index is 13.0. The van der Waals surface area contributed by atoms with Gasteiger partial charge in [0.1, 0.15) is 6.04 Å². The number of nitrogens with zero attached hydrogens (tertiary/aromatic N) is 2. The molecule has 2 aliphatic rings. The molecule has 40 heavy (non-hydrogen) atoms. The third kappa shape index (κ3) is 10.7. The number of methoxy groups -OCH3 is 1. The van der Waals surface area contributed by atoms with Crippen LogP contribution in [0.25, 0.3) is 6.08 Å². The molecule has 10 nitrogen and oxygen atoms in total. The Labute approximate surface area is 237 Å². The van der Waals surface area contributed by atoms with Gasteiger partial charge in [-0.25, -0.2) is 5.43 Å². The lowest BCUT2D eigenvalue weighted by Gasteiger charge is -2.26. The molecule has 2 aliphatic heterocycles. The van der Waals surface area contributed by atoms with Gasteiger partial charge in [0, 0.05) is 38.0 Å². The summed E-state index contributed by atoms with van der Waals surface area (Å²) in [6.07, 6.45) is 9.38. The first-order valence-corrected chi connectivity index (χ1v) is 13.7. The molecule has 1 aromatic carbocycles. The quantitative estimate of drug-likeness (QED) is 0.173. The second kappa shape index (κ2) is 17.4. The van der Waals surface area contributed by atoms with E-state index in [1.807, 2.05) is 42.2 Å². The highest BCUT2D eigenvalue weighted by Crippen LogP contribution is 2.26. The summed E-state index contributed by atoms with van der Waals surface area (Å²) >= 11 is 0. The predicted molar refractivity (Wildman–Crippen MR) is 156 cm³/mol. The molecule has 2 heterocycles. The smallest absolute Gasteiger partial charge is 0.249 e. The number of hydrazone groups is 1. The first-order chi connectivity index (χ1) is 19.5. The van der Waals surface area contributed by atoms with Gasteiger partial charge in [0.15, 0.2) is 0 Å². The first-order valence-electron chi connectivity index (χ1n) is 13.7. The Morgan fingerprint density at radius 1 is 1.12 bits per heavy atom. The zero-order chi connectivity index (χ0) is 28.6. The summed E-state index contributed by atoms with van der Waals surface area (Å²) in [5.74, 6) is -0.124. The van der Waals surface area contributed by atoms with Crippen molar-refractivity contribution in [1.29, 1.82) is 0 Å². The van der Waals surface area contributed by atoms with Crippen molar-refractivity contribution < 1.29 is 28.5 Å². The number of hydrogen-bond acceptors (Lipinski definition) is 8. The third-order valence-corrected chi connectivity index (χ3v) is 6.40. The predicted octanol–water partition coefficient (Wildman–Crippen LogP) is 2.96. The number of carbonyl (C=O) groups excluding carboxylic acids is 2. The summed E-state index contributed by atoms with van der Waals surface area (Å²) in [6, 6.07) is 5.70. The zero-order valence-corrected chi connectivity index (χ0v) is 23.7. The molecule has 3 rings (SSSR count).